The molecular weight excluding hydrogens is 214 g/mol. The van der Waals surface area contributed by atoms with E-state index < -0.39 is 0 Å². The molecule has 0 bridgehead atoms. The SMILES string of the molecule is CCCC(CCO)CN=C(N)NC1CCCC1. The highest BCUT2D eigenvalue weighted by atomic mass is 16.3. The number of aliphatic imine (C=N–C) groups is 1. The van der Waals surface area contributed by atoms with Crippen molar-refractivity contribution in [2.75, 3.05) is 13.2 Å². The van der Waals surface area contributed by atoms with Crippen LogP contribution in [-0.4, -0.2) is 30.3 Å². The molecule has 4 N–H and O–H groups in total. The minimum atomic E-state index is 0.246. The number of hydrogen-bond donors (Lipinski definition) is 3. The summed E-state index contributed by atoms with van der Waals surface area (Å²) < 4.78 is 0. The van der Waals surface area contributed by atoms with Gasteiger partial charge in [0.2, 0.25) is 0 Å². The van der Waals surface area contributed by atoms with Gasteiger partial charge in [0.25, 0.3) is 0 Å². The zero-order valence-corrected chi connectivity index (χ0v) is 11.0. The Hall–Kier alpha value is -0.770. The quantitative estimate of drug-likeness (QED) is 0.468. The molecular formula is C13H27N3O. The molecule has 1 saturated carbocycles. The van der Waals surface area contributed by atoms with E-state index in [0.717, 1.165) is 25.8 Å². The van der Waals surface area contributed by atoms with Gasteiger partial charge in [-0.25, -0.2) is 0 Å². The second kappa shape index (κ2) is 8.34. The second-order valence-electron chi connectivity index (χ2n) is 5.02. The number of aliphatic hydroxyl groups excluding tert-OH is 1. The van der Waals surface area contributed by atoms with Crippen molar-refractivity contribution in [1.29, 1.82) is 0 Å². The third kappa shape index (κ3) is 5.91. The number of guanidine groups is 1. The van der Waals surface area contributed by atoms with Crippen molar-refractivity contribution in [3.8, 4) is 0 Å². The highest BCUT2D eigenvalue weighted by Crippen LogP contribution is 2.17. The average molecular weight is 241 g/mol. The van der Waals surface area contributed by atoms with Crippen molar-refractivity contribution >= 4 is 5.96 Å². The molecule has 0 saturated heterocycles. The molecule has 0 heterocycles. The molecule has 100 valence electrons. The fourth-order valence-electron chi connectivity index (χ4n) is 2.47. The first-order valence-electron chi connectivity index (χ1n) is 6.93. The molecule has 1 unspecified atom stereocenters. The molecule has 0 amide bonds. The van der Waals surface area contributed by atoms with Gasteiger partial charge in [0, 0.05) is 19.2 Å². The van der Waals surface area contributed by atoms with E-state index >= 15 is 0 Å². The van der Waals surface area contributed by atoms with E-state index in [1.807, 2.05) is 0 Å². The highest BCUT2D eigenvalue weighted by Gasteiger charge is 2.15. The molecule has 0 aromatic heterocycles. The molecule has 0 aromatic rings. The average Bonchev–Trinajstić information content (AvgIpc) is 2.79. The maximum atomic E-state index is 8.96. The highest BCUT2D eigenvalue weighted by molar-refractivity contribution is 5.78. The van der Waals surface area contributed by atoms with Gasteiger partial charge in [0.05, 0.1) is 0 Å². The number of nitrogens with one attached hydrogen (secondary N) is 1. The van der Waals surface area contributed by atoms with Crippen LogP contribution in [0.2, 0.25) is 0 Å². The molecule has 1 aliphatic carbocycles. The van der Waals surface area contributed by atoms with Crippen molar-refractivity contribution in [2.24, 2.45) is 16.6 Å². The normalized spacial score (nSPS) is 19.5. The Morgan fingerprint density at radius 3 is 2.71 bits per heavy atom. The lowest BCUT2D eigenvalue weighted by atomic mass is 10.0. The first-order valence-corrected chi connectivity index (χ1v) is 6.93. The first kappa shape index (κ1) is 14.3. The smallest absolute Gasteiger partial charge is 0.188 e. The monoisotopic (exact) mass is 241 g/mol. The van der Waals surface area contributed by atoms with Crippen molar-refractivity contribution in [3.63, 3.8) is 0 Å². The van der Waals surface area contributed by atoms with Gasteiger partial charge in [0.1, 0.15) is 0 Å². The fourth-order valence-corrected chi connectivity index (χ4v) is 2.47. The number of rotatable bonds is 7. The number of nitrogens with two attached hydrogens (primary N) is 1. The van der Waals surface area contributed by atoms with Crippen molar-refractivity contribution in [3.05, 3.63) is 0 Å². The van der Waals surface area contributed by atoms with Crippen LogP contribution in [0, 0.1) is 5.92 Å². The van der Waals surface area contributed by atoms with Crippen LogP contribution >= 0.6 is 0 Å². The lowest BCUT2D eigenvalue weighted by molar-refractivity contribution is 0.253. The Balaban J connectivity index is 2.27. The van der Waals surface area contributed by atoms with Gasteiger partial charge in [-0.2, -0.15) is 0 Å². The minimum Gasteiger partial charge on any atom is -0.396 e. The molecule has 0 aromatic carbocycles. The Morgan fingerprint density at radius 1 is 1.41 bits per heavy atom. The van der Waals surface area contributed by atoms with Gasteiger partial charge < -0.3 is 16.2 Å². The van der Waals surface area contributed by atoms with Crippen LogP contribution in [0.15, 0.2) is 4.99 Å². The van der Waals surface area contributed by atoms with Gasteiger partial charge in [-0.15, -0.1) is 0 Å². The van der Waals surface area contributed by atoms with Crippen molar-refractivity contribution < 1.29 is 5.11 Å². The van der Waals surface area contributed by atoms with E-state index in [-0.39, 0.29) is 6.61 Å². The molecule has 1 aliphatic rings. The summed E-state index contributed by atoms with van der Waals surface area (Å²) in [4.78, 5) is 4.40. The van der Waals surface area contributed by atoms with Crippen LogP contribution in [0.25, 0.3) is 0 Å². The molecule has 4 heteroatoms. The number of nitrogens with zero attached hydrogens (tertiary/aromatic N) is 1. The Kier molecular flexibility index (Phi) is 7.01. The molecule has 1 rings (SSSR count). The summed E-state index contributed by atoms with van der Waals surface area (Å²) in [6.07, 6.45) is 8.10. The molecule has 1 atom stereocenters. The largest absolute Gasteiger partial charge is 0.396 e. The van der Waals surface area contributed by atoms with Crippen LogP contribution in [0.1, 0.15) is 51.9 Å². The summed E-state index contributed by atoms with van der Waals surface area (Å²) in [5.74, 6) is 1.05. The van der Waals surface area contributed by atoms with Gasteiger partial charge in [-0.05, 0) is 31.6 Å². The summed E-state index contributed by atoms with van der Waals surface area (Å²) in [6, 6.07) is 0.529. The topological polar surface area (TPSA) is 70.6 Å². The lowest BCUT2D eigenvalue weighted by Gasteiger charge is -2.15. The predicted octanol–water partition coefficient (Wildman–Crippen LogP) is 1.63. The first-order chi connectivity index (χ1) is 8.26. The molecule has 0 spiro atoms. The second-order valence-corrected chi connectivity index (χ2v) is 5.02. The zero-order chi connectivity index (χ0) is 12.5. The summed E-state index contributed by atoms with van der Waals surface area (Å²) in [7, 11) is 0. The van der Waals surface area contributed by atoms with Crippen molar-refractivity contribution in [1.82, 2.24) is 5.32 Å². The number of hydrogen-bond acceptors (Lipinski definition) is 2. The summed E-state index contributed by atoms with van der Waals surface area (Å²) >= 11 is 0. The maximum Gasteiger partial charge on any atom is 0.188 e. The third-order valence-electron chi connectivity index (χ3n) is 3.46. The summed E-state index contributed by atoms with van der Waals surface area (Å²) in [6.45, 7) is 3.14. The van der Waals surface area contributed by atoms with E-state index in [1.54, 1.807) is 0 Å². The molecule has 0 radical (unpaired) electrons. The van der Waals surface area contributed by atoms with Crippen LogP contribution in [0.5, 0.6) is 0 Å². The van der Waals surface area contributed by atoms with Gasteiger partial charge >= 0.3 is 0 Å². The van der Waals surface area contributed by atoms with E-state index in [2.05, 4.69) is 17.2 Å². The Labute approximate surface area is 105 Å². The minimum absolute atomic E-state index is 0.246. The van der Waals surface area contributed by atoms with Gasteiger partial charge in [0.15, 0.2) is 5.96 Å². The van der Waals surface area contributed by atoms with Gasteiger partial charge in [-0.1, -0.05) is 26.2 Å². The van der Waals surface area contributed by atoms with E-state index in [0.29, 0.717) is 17.9 Å². The van der Waals surface area contributed by atoms with Gasteiger partial charge in [-0.3, -0.25) is 4.99 Å². The zero-order valence-electron chi connectivity index (χ0n) is 11.0. The van der Waals surface area contributed by atoms with E-state index in [4.69, 9.17) is 10.8 Å². The summed E-state index contributed by atoms with van der Waals surface area (Å²) in [5, 5.41) is 12.2. The fraction of sp³-hybridized carbons (Fsp3) is 0.923. The Morgan fingerprint density at radius 2 is 2.12 bits per heavy atom. The summed E-state index contributed by atoms with van der Waals surface area (Å²) in [5.41, 5.74) is 5.87. The molecule has 1 fully saturated rings. The van der Waals surface area contributed by atoms with Crippen molar-refractivity contribution in [2.45, 2.75) is 57.9 Å². The van der Waals surface area contributed by atoms with E-state index in [9.17, 15) is 0 Å². The van der Waals surface area contributed by atoms with Crippen LogP contribution in [0.4, 0.5) is 0 Å². The number of aliphatic hydroxyl groups is 1. The standard InChI is InChI=1S/C13H27N3O/c1-2-5-11(8-9-17)10-15-13(14)16-12-6-3-4-7-12/h11-12,17H,2-10H2,1H3,(H3,14,15,16). The van der Waals surface area contributed by atoms with Crippen LogP contribution in [-0.2, 0) is 0 Å². The lowest BCUT2D eigenvalue weighted by Crippen LogP contribution is -2.38. The molecule has 4 nitrogen and oxygen atoms in total. The predicted molar refractivity (Wildman–Crippen MR) is 72.0 cm³/mol. The molecule has 17 heavy (non-hydrogen) atoms. The van der Waals surface area contributed by atoms with Crippen LogP contribution in [0.3, 0.4) is 0 Å². The molecule has 0 aliphatic heterocycles. The Bertz CT molecular complexity index is 219. The maximum absolute atomic E-state index is 8.96. The van der Waals surface area contributed by atoms with E-state index in [1.165, 1.54) is 25.7 Å². The third-order valence-corrected chi connectivity index (χ3v) is 3.46. The van der Waals surface area contributed by atoms with Crippen LogP contribution < -0.4 is 11.1 Å².